The van der Waals surface area contributed by atoms with Gasteiger partial charge in [-0.1, -0.05) is 35.5 Å². The smallest absolute Gasteiger partial charge is 0.277 e. The predicted octanol–water partition coefficient (Wildman–Crippen LogP) is 4.08. The fourth-order valence-electron chi connectivity index (χ4n) is 1.65. The Bertz CT molecular complexity index is 702. The minimum Gasteiger partial charge on any atom is -0.411 e. The molecule has 0 N–H and O–H groups in total. The quantitative estimate of drug-likeness (QED) is 0.680. The van der Waals surface area contributed by atoms with Crippen LogP contribution in [0.3, 0.4) is 0 Å². The van der Waals surface area contributed by atoms with Crippen molar-refractivity contribution in [2.45, 2.75) is 11.0 Å². The van der Waals surface area contributed by atoms with Gasteiger partial charge in [0.25, 0.3) is 5.22 Å². The van der Waals surface area contributed by atoms with Crippen LogP contribution in [0.5, 0.6) is 0 Å². The summed E-state index contributed by atoms with van der Waals surface area (Å²) >= 11 is 7.43. The van der Waals surface area contributed by atoms with Crippen LogP contribution in [0.15, 0.2) is 58.4 Å². The molecule has 6 heteroatoms. The molecule has 3 aromatic rings. The third-order valence-electron chi connectivity index (χ3n) is 2.59. The van der Waals surface area contributed by atoms with E-state index >= 15 is 0 Å². The van der Waals surface area contributed by atoms with Gasteiger partial charge in [-0.15, -0.1) is 10.2 Å². The zero-order valence-electron chi connectivity index (χ0n) is 10.4. The highest BCUT2D eigenvalue weighted by Crippen LogP contribution is 2.26. The molecular weight excluding hydrogens is 294 g/mol. The summed E-state index contributed by atoms with van der Waals surface area (Å²) in [5.74, 6) is 1.24. The Morgan fingerprint density at radius 3 is 2.75 bits per heavy atom. The van der Waals surface area contributed by atoms with E-state index in [1.807, 2.05) is 36.4 Å². The van der Waals surface area contributed by atoms with E-state index in [1.165, 1.54) is 11.8 Å². The number of hydrogen-bond donors (Lipinski definition) is 0. The zero-order valence-corrected chi connectivity index (χ0v) is 11.9. The number of halogens is 1. The van der Waals surface area contributed by atoms with Gasteiger partial charge in [-0.05, 0) is 29.8 Å². The lowest BCUT2D eigenvalue weighted by atomic mass is 10.2. The Kier molecular flexibility index (Phi) is 3.99. The molecule has 0 saturated heterocycles. The molecule has 100 valence electrons. The van der Waals surface area contributed by atoms with E-state index in [-0.39, 0.29) is 0 Å². The van der Waals surface area contributed by atoms with Crippen LogP contribution in [-0.4, -0.2) is 15.2 Å². The molecule has 1 aromatic carbocycles. The highest BCUT2D eigenvalue weighted by atomic mass is 35.5. The first-order valence-corrected chi connectivity index (χ1v) is 7.29. The molecular formula is C14H10ClN3OS. The Morgan fingerprint density at radius 2 is 1.95 bits per heavy atom. The van der Waals surface area contributed by atoms with Crippen LogP contribution < -0.4 is 0 Å². The van der Waals surface area contributed by atoms with Crippen LogP contribution in [0.1, 0.15) is 5.56 Å². The van der Waals surface area contributed by atoms with Gasteiger partial charge in [-0.25, -0.2) is 0 Å². The van der Waals surface area contributed by atoms with Gasteiger partial charge < -0.3 is 4.42 Å². The molecule has 4 nitrogen and oxygen atoms in total. The molecule has 0 spiro atoms. The number of thioether (sulfide) groups is 1. The van der Waals surface area contributed by atoms with E-state index in [0.717, 1.165) is 21.9 Å². The second-order valence-electron chi connectivity index (χ2n) is 4.03. The molecule has 0 amide bonds. The normalized spacial score (nSPS) is 10.7. The molecule has 0 fully saturated rings. The first-order valence-electron chi connectivity index (χ1n) is 5.92. The van der Waals surface area contributed by atoms with Crippen molar-refractivity contribution in [2.24, 2.45) is 0 Å². The standard InChI is InChI=1S/C14H10ClN3OS/c15-12-3-1-2-10(8-12)9-20-14-18-17-13(19-14)11-4-6-16-7-5-11/h1-8H,9H2. The van der Waals surface area contributed by atoms with Gasteiger partial charge in [0.05, 0.1) is 0 Å². The fourth-order valence-corrected chi connectivity index (χ4v) is 2.57. The molecule has 0 saturated carbocycles. The maximum absolute atomic E-state index is 5.94. The summed E-state index contributed by atoms with van der Waals surface area (Å²) in [6.07, 6.45) is 3.39. The van der Waals surface area contributed by atoms with Crippen molar-refractivity contribution >= 4 is 23.4 Å². The number of hydrogen-bond acceptors (Lipinski definition) is 5. The number of nitrogens with zero attached hydrogens (tertiary/aromatic N) is 3. The van der Waals surface area contributed by atoms with Crippen molar-refractivity contribution in [3.63, 3.8) is 0 Å². The predicted molar refractivity (Wildman–Crippen MR) is 78.5 cm³/mol. The number of aromatic nitrogens is 3. The highest BCUT2D eigenvalue weighted by Gasteiger charge is 2.08. The summed E-state index contributed by atoms with van der Waals surface area (Å²) in [6, 6.07) is 11.4. The van der Waals surface area contributed by atoms with E-state index in [2.05, 4.69) is 15.2 Å². The van der Waals surface area contributed by atoms with Crippen LogP contribution in [0.25, 0.3) is 11.5 Å². The van der Waals surface area contributed by atoms with E-state index in [1.54, 1.807) is 12.4 Å². The fraction of sp³-hybridized carbons (Fsp3) is 0.0714. The molecule has 2 heterocycles. The first-order chi connectivity index (χ1) is 9.81. The van der Waals surface area contributed by atoms with E-state index in [9.17, 15) is 0 Å². The topological polar surface area (TPSA) is 51.8 Å². The average molecular weight is 304 g/mol. The lowest BCUT2D eigenvalue weighted by Crippen LogP contribution is -1.80. The van der Waals surface area contributed by atoms with Crippen LogP contribution in [0, 0.1) is 0 Å². The van der Waals surface area contributed by atoms with Gasteiger partial charge in [0, 0.05) is 28.7 Å². The number of benzene rings is 1. The summed E-state index contributed by atoms with van der Waals surface area (Å²) in [5, 5.41) is 9.31. The zero-order chi connectivity index (χ0) is 13.8. The Labute approximate surface area is 125 Å². The maximum atomic E-state index is 5.94. The summed E-state index contributed by atoms with van der Waals surface area (Å²) in [7, 11) is 0. The van der Waals surface area contributed by atoms with Gasteiger partial charge in [0.15, 0.2) is 0 Å². The van der Waals surface area contributed by atoms with Crippen molar-refractivity contribution in [1.82, 2.24) is 15.2 Å². The maximum Gasteiger partial charge on any atom is 0.277 e. The first kappa shape index (κ1) is 13.1. The molecule has 20 heavy (non-hydrogen) atoms. The minimum absolute atomic E-state index is 0.501. The van der Waals surface area contributed by atoms with Crippen LogP contribution >= 0.6 is 23.4 Å². The highest BCUT2D eigenvalue weighted by molar-refractivity contribution is 7.98. The van der Waals surface area contributed by atoms with Gasteiger partial charge >= 0.3 is 0 Å². The van der Waals surface area contributed by atoms with Crippen molar-refractivity contribution in [3.8, 4) is 11.5 Å². The van der Waals surface area contributed by atoms with Crippen molar-refractivity contribution in [3.05, 3.63) is 59.4 Å². The molecule has 0 aliphatic heterocycles. The number of rotatable bonds is 4. The lowest BCUT2D eigenvalue weighted by molar-refractivity contribution is 0.466. The van der Waals surface area contributed by atoms with Crippen molar-refractivity contribution in [1.29, 1.82) is 0 Å². The molecule has 0 aliphatic rings. The minimum atomic E-state index is 0.501. The Hall–Kier alpha value is -1.85. The molecule has 0 atom stereocenters. The monoisotopic (exact) mass is 303 g/mol. The molecule has 0 bridgehead atoms. The molecule has 0 radical (unpaired) electrons. The van der Waals surface area contributed by atoms with Gasteiger partial charge in [-0.3, -0.25) is 4.98 Å². The largest absolute Gasteiger partial charge is 0.411 e. The summed E-state index contributed by atoms with van der Waals surface area (Å²) in [4.78, 5) is 3.95. The summed E-state index contributed by atoms with van der Waals surface area (Å²) < 4.78 is 5.60. The average Bonchev–Trinajstić information content (AvgIpc) is 2.95. The van der Waals surface area contributed by atoms with Gasteiger partial charge in [-0.2, -0.15) is 0 Å². The molecule has 0 unspecified atom stereocenters. The van der Waals surface area contributed by atoms with Crippen molar-refractivity contribution < 1.29 is 4.42 Å². The van der Waals surface area contributed by atoms with Crippen LogP contribution in [0.2, 0.25) is 5.02 Å². The SMILES string of the molecule is Clc1cccc(CSc2nnc(-c3ccncc3)o2)c1. The third kappa shape index (κ3) is 3.18. The van der Waals surface area contributed by atoms with E-state index in [4.69, 9.17) is 16.0 Å². The number of pyridine rings is 1. The second kappa shape index (κ2) is 6.07. The van der Waals surface area contributed by atoms with Gasteiger partial charge in [0.1, 0.15) is 0 Å². The lowest BCUT2D eigenvalue weighted by Gasteiger charge is -1.98. The summed E-state index contributed by atoms with van der Waals surface area (Å²) in [6.45, 7) is 0. The van der Waals surface area contributed by atoms with E-state index in [0.29, 0.717) is 11.1 Å². The van der Waals surface area contributed by atoms with E-state index < -0.39 is 0 Å². The molecule has 2 aromatic heterocycles. The Morgan fingerprint density at radius 1 is 1.10 bits per heavy atom. The van der Waals surface area contributed by atoms with Crippen LogP contribution in [0.4, 0.5) is 0 Å². The molecule has 0 aliphatic carbocycles. The van der Waals surface area contributed by atoms with Crippen molar-refractivity contribution in [2.75, 3.05) is 0 Å². The third-order valence-corrected chi connectivity index (χ3v) is 3.71. The molecule has 3 rings (SSSR count). The van der Waals surface area contributed by atoms with Crippen LogP contribution in [-0.2, 0) is 5.75 Å². The second-order valence-corrected chi connectivity index (χ2v) is 5.39. The Balaban J connectivity index is 1.69. The summed E-state index contributed by atoms with van der Waals surface area (Å²) in [5.41, 5.74) is 1.98. The van der Waals surface area contributed by atoms with Gasteiger partial charge in [0.2, 0.25) is 5.89 Å².